The van der Waals surface area contributed by atoms with Crippen LogP contribution in [0, 0.1) is 23.7 Å². The van der Waals surface area contributed by atoms with Gasteiger partial charge < -0.3 is 9.47 Å². The number of hydrogen-bond donors (Lipinski definition) is 0. The minimum Gasteiger partial charge on any atom is -0.466 e. The number of carbonyl (C=O) groups excluding carboxylic acids is 2. The molecule has 2 bridgehead atoms. The number of alkyl halides is 1. The Morgan fingerprint density at radius 1 is 1.56 bits per heavy atom. The summed E-state index contributed by atoms with van der Waals surface area (Å²) in [6.45, 7) is 1.78. The normalized spacial score (nSPS) is 48.2. The van der Waals surface area contributed by atoms with Crippen molar-refractivity contribution in [1.29, 1.82) is 0 Å². The van der Waals surface area contributed by atoms with Crippen LogP contribution in [0.4, 0.5) is 0 Å². The fraction of sp³-hybridized carbons (Fsp3) is 0.818. The Balaban J connectivity index is 1.80. The van der Waals surface area contributed by atoms with Gasteiger partial charge in [0.2, 0.25) is 0 Å². The monoisotopic (exact) mass is 336 g/mol. The largest absolute Gasteiger partial charge is 0.466 e. The Morgan fingerprint density at radius 2 is 2.31 bits per heavy atom. The SMILES string of the molecule is CC(=O)OC[C@@H]1[C@H]2C[C@H]3[C@H](OC(=O)[C@H]13)[C@@H]2I. The van der Waals surface area contributed by atoms with Gasteiger partial charge in [-0.2, -0.15) is 0 Å². The van der Waals surface area contributed by atoms with Gasteiger partial charge in [-0.15, -0.1) is 0 Å². The van der Waals surface area contributed by atoms with Crippen LogP contribution in [0.2, 0.25) is 0 Å². The number of ether oxygens (including phenoxy) is 2. The Morgan fingerprint density at radius 3 is 3.00 bits per heavy atom. The molecule has 0 amide bonds. The lowest BCUT2D eigenvalue weighted by Gasteiger charge is -2.27. The summed E-state index contributed by atoms with van der Waals surface area (Å²) in [5.74, 6) is 0.679. The summed E-state index contributed by atoms with van der Waals surface area (Å²) >= 11 is 2.38. The van der Waals surface area contributed by atoms with E-state index in [-0.39, 0.29) is 29.9 Å². The topological polar surface area (TPSA) is 52.6 Å². The molecule has 5 heteroatoms. The van der Waals surface area contributed by atoms with Gasteiger partial charge in [0.25, 0.3) is 0 Å². The predicted octanol–water partition coefficient (Wildman–Crippen LogP) is 1.16. The molecule has 3 fully saturated rings. The second-order valence-electron chi connectivity index (χ2n) is 4.90. The number of carbonyl (C=O) groups is 2. The molecular formula is C11H13IO4. The lowest BCUT2D eigenvalue weighted by molar-refractivity contribution is -0.148. The van der Waals surface area contributed by atoms with Crippen LogP contribution < -0.4 is 0 Å². The lowest BCUT2D eigenvalue weighted by atomic mass is 9.80. The van der Waals surface area contributed by atoms with Crippen molar-refractivity contribution in [2.75, 3.05) is 6.61 Å². The second kappa shape index (κ2) is 3.58. The van der Waals surface area contributed by atoms with Crippen LogP contribution in [-0.2, 0) is 19.1 Å². The Bertz CT molecular complexity index is 356. The standard InChI is InChI=1S/C11H13IO4/c1-4(13)15-3-7-5-2-6-8(7)11(14)16-10(6)9(5)12/h5-10H,2-3H2,1H3/t5-,6-,7-,8+,9-,10+/m1/s1. The van der Waals surface area contributed by atoms with Crippen molar-refractivity contribution < 1.29 is 19.1 Å². The summed E-state index contributed by atoms with van der Waals surface area (Å²) in [6.07, 6.45) is 1.18. The van der Waals surface area contributed by atoms with Crippen LogP contribution >= 0.6 is 22.6 Å². The summed E-state index contributed by atoms with van der Waals surface area (Å²) in [6, 6.07) is 0. The van der Waals surface area contributed by atoms with Crippen molar-refractivity contribution in [2.45, 2.75) is 23.4 Å². The maximum atomic E-state index is 11.7. The lowest BCUT2D eigenvalue weighted by Crippen LogP contribution is -2.36. The van der Waals surface area contributed by atoms with Crippen LogP contribution in [0.1, 0.15) is 13.3 Å². The molecule has 2 saturated carbocycles. The van der Waals surface area contributed by atoms with Crippen molar-refractivity contribution >= 4 is 34.5 Å². The van der Waals surface area contributed by atoms with E-state index < -0.39 is 0 Å². The molecule has 2 aliphatic carbocycles. The molecule has 1 heterocycles. The van der Waals surface area contributed by atoms with E-state index in [0.29, 0.717) is 22.4 Å². The smallest absolute Gasteiger partial charge is 0.310 e. The fourth-order valence-corrected chi connectivity index (χ4v) is 5.07. The highest BCUT2D eigenvalue weighted by atomic mass is 127. The van der Waals surface area contributed by atoms with E-state index in [1.54, 1.807) is 0 Å². The highest BCUT2D eigenvalue weighted by molar-refractivity contribution is 14.1. The molecule has 0 aromatic rings. The van der Waals surface area contributed by atoms with Crippen LogP contribution in [0.15, 0.2) is 0 Å². The number of hydrogen-bond acceptors (Lipinski definition) is 4. The van der Waals surface area contributed by atoms with Crippen LogP contribution in [-0.4, -0.2) is 28.6 Å². The van der Waals surface area contributed by atoms with Crippen molar-refractivity contribution in [2.24, 2.45) is 23.7 Å². The van der Waals surface area contributed by atoms with Crippen molar-refractivity contribution in [1.82, 2.24) is 0 Å². The molecule has 3 aliphatic rings. The third-order valence-electron chi connectivity index (χ3n) is 4.17. The highest BCUT2D eigenvalue weighted by Gasteiger charge is 2.65. The van der Waals surface area contributed by atoms with Gasteiger partial charge in [0.15, 0.2) is 0 Å². The van der Waals surface area contributed by atoms with Gasteiger partial charge in [-0.3, -0.25) is 9.59 Å². The molecule has 0 N–H and O–H groups in total. The minimum atomic E-state index is -0.268. The molecule has 0 unspecified atom stereocenters. The number of esters is 2. The van der Waals surface area contributed by atoms with Crippen LogP contribution in [0.5, 0.6) is 0 Å². The number of halogens is 1. The van der Waals surface area contributed by atoms with Gasteiger partial charge in [0, 0.05) is 18.8 Å². The van der Waals surface area contributed by atoms with E-state index in [0.717, 1.165) is 6.42 Å². The molecule has 88 valence electrons. The molecule has 1 aliphatic heterocycles. The number of rotatable bonds is 2. The zero-order valence-corrected chi connectivity index (χ0v) is 11.0. The zero-order chi connectivity index (χ0) is 11.4. The van der Waals surface area contributed by atoms with E-state index in [9.17, 15) is 9.59 Å². The van der Waals surface area contributed by atoms with Gasteiger partial charge in [-0.1, -0.05) is 22.6 Å². The summed E-state index contributed by atoms with van der Waals surface area (Å²) < 4.78 is 10.9. The number of fused-ring (bicyclic) bond motifs is 1. The quantitative estimate of drug-likeness (QED) is 0.431. The molecule has 6 atom stereocenters. The predicted molar refractivity (Wildman–Crippen MR) is 62.9 cm³/mol. The molecule has 16 heavy (non-hydrogen) atoms. The Labute approximate surface area is 107 Å². The Kier molecular flexibility index (Phi) is 2.42. The van der Waals surface area contributed by atoms with Gasteiger partial charge in [-0.25, -0.2) is 0 Å². The van der Waals surface area contributed by atoms with Crippen LogP contribution in [0.25, 0.3) is 0 Å². The fourth-order valence-electron chi connectivity index (χ4n) is 3.56. The van der Waals surface area contributed by atoms with Crippen molar-refractivity contribution in [3.63, 3.8) is 0 Å². The molecule has 0 radical (unpaired) electrons. The first-order chi connectivity index (χ1) is 7.59. The summed E-state index contributed by atoms with van der Waals surface area (Å²) in [4.78, 5) is 22.6. The van der Waals surface area contributed by atoms with Gasteiger partial charge >= 0.3 is 11.9 Å². The minimum absolute atomic E-state index is 0.0136. The summed E-state index contributed by atoms with van der Waals surface area (Å²) in [7, 11) is 0. The third-order valence-corrected chi connectivity index (χ3v) is 5.80. The first-order valence-electron chi connectivity index (χ1n) is 5.57. The maximum Gasteiger partial charge on any atom is 0.310 e. The average Bonchev–Trinajstić information content (AvgIpc) is 2.79. The molecule has 0 spiro atoms. The molecule has 0 aromatic carbocycles. The van der Waals surface area contributed by atoms with Crippen molar-refractivity contribution in [3.8, 4) is 0 Å². The first-order valence-corrected chi connectivity index (χ1v) is 6.82. The first kappa shape index (κ1) is 10.8. The molecular weight excluding hydrogens is 323 g/mol. The summed E-state index contributed by atoms with van der Waals surface area (Å²) in [5.41, 5.74) is 0. The maximum absolute atomic E-state index is 11.7. The Hall–Kier alpha value is -0.330. The molecule has 4 nitrogen and oxygen atoms in total. The highest BCUT2D eigenvalue weighted by Crippen LogP contribution is 2.59. The zero-order valence-electron chi connectivity index (χ0n) is 8.89. The van der Waals surface area contributed by atoms with Crippen LogP contribution in [0.3, 0.4) is 0 Å². The van der Waals surface area contributed by atoms with Gasteiger partial charge in [0.05, 0.1) is 16.4 Å². The van der Waals surface area contributed by atoms with E-state index >= 15 is 0 Å². The van der Waals surface area contributed by atoms with E-state index in [2.05, 4.69) is 22.6 Å². The third kappa shape index (κ3) is 1.33. The summed E-state index contributed by atoms with van der Waals surface area (Å²) in [5, 5.41) is 0. The molecule has 1 saturated heterocycles. The van der Waals surface area contributed by atoms with E-state index in [4.69, 9.17) is 9.47 Å². The molecule has 0 aromatic heterocycles. The van der Waals surface area contributed by atoms with Gasteiger partial charge in [0.1, 0.15) is 6.10 Å². The van der Waals surface area contributed by atoms with Gasteiger partial charge in [-0.05, 0) is 12.3 Å². The van der Waals surface area contributed by atoms with E-state index in [1.165, 1.54) is 6.92 Å². The second-order valence-corrected chi connectivity index (χ2v) is 6.34. The average molecular weight is 336 g/mol. The van der Waals surface area contributed by atoms with E-state index in [1.807, 2.05) is 0 Å². The van der Waals surface area contributed by atoms with Crippen molar-refractivity contribution in [3.05, 3.63) is 0 Å². The molecule has 3 rings (SSSR count).